The van der Waals surface area contributed by atoms with Gasteiger partial charge in [0.2, 0.25) is 0 Å². The molecule has 0 radical (unpaired) electrons. The van der Waals surface area contributed by atoms with Crippen LogP contribution in [0.25, 0.3) is 11.1 Å². The third kappa shape index (κ3) is 2.49. The van der Waals surface area contributed by atoms with Gasteiger partial charge >= 0.3 is 0 Å². The molecule has 0 spiro atoms. The zero-order valence-corrected chi connectivity index (χ0v) is 10.4. The Kier molecular flexibility index (Phi) is 3.47. The van der Waals surface area contributed by atoms with Gasteiger partial charge in [-0.3, -0.25) is 4.68 Å². The van der Waals surface area contributed by atoms with Crippen molar-refractivity contribution in [3.63, 3.8) is 0 Å². The summed E-state index contributed by atoms with van der Waals surface area (Å²) in [4.78, 5) is 0. The number of nitrogens with zero attached hydrogens (tertiary/aromatic N) is 2. The SMILES string of the molecule is CCC(CC)n1cc(-c2ccc(N)cc2)cn1. The summed E-state index contributed by atoms with van der Waals surface area (Å²) in [5, 5.41) is 4.44. The lowest BCUT2D eigenvalue weighted by Crippen LogP contribution is -2.06. The zero-order chi connectivity index (χ0) is 12.3. The van der Waals surface area contributed by atoms with Gasteiger partial charge in [-0.1, -0.05) is 26.0 Å². The van der Waals surface area contributed by atoms with Crippen LogP contribution in [0.5, 0.6) is 0 Å². The minimum Gasteiger partial charge on any atom is -0.399 e. The van der Waals surface area contributed by atoms with Gasteiger partial charge in [-0.15, -0.1) is 0 Å². The molecule has 2 aromatic rings. The summed E-state index contributed by atoms with van der Waals surface area (Å²) in [5.74, 6) is 0. The maximum Gasteiger partial charge on any atom is 0.0568 e. The van der Waals surface area contributed by atoms with Crippen LogP contribution >= 0.6 is 0 Å². The first-order chi connectivity index (χ1) is 8.24. The average Bonchev–Trinajstić information content (AvgIpc) is 2.81. The summed E-state index contributed by atoms with van der Waals surface area (Å²) in [6, 6.07) is 8.40. The molecule has 90 valence electrons. The Labute approximate surface area is 102 Å². The molecule has 0 aliphatic heterocycles. The molecule has 1 aromatic heterocycles. The van der Waals surface area contributed by atoms with Crippen molar-refractivity contribution in [2.24, 2.45) is 0 Å². The molecule has 17 heavy (non-hydrogen) atoms. The van der Waals surface area contributed by atoms with Crippen molar-refractivity contribution < 1.29 is 0 Å². The predicted molar refractivity (Wildman–Crippen MR) is 71.7 cm³/mol. The largest absolute Gasteiger partial charge is 0.399 e. The molecule has 0 aliphatic rings. The van der Waals surface area contributed by atoms with E-state index >= 15 is 0 Å². The monoisotopic (exact) mass is 229 g/mol. The van der Waals surface area contributed by atoms with Crippen LogP contribution in [0.4, 0.5) is 5.69 Å². The summed E-state index contributed by atoms with van der Waals surface area (Å²) in [7, 11) is 0. The highest BCUT2D eigenvalue weighted by molar-refractivity contribution is 5.63. The van der Waals surface area contributed by atoms with Gasteiger partial charge < -0.3 is 5.73 Å². The summed E-state index contributed by atoms with van der Waals surface area (Å²) in [5.41, 5.74) is 8.79. The lowest BCUT2D eigenvalue weighted by Gasteiger charge is -2.12. The quantitative estimate of drug-likeness (QED) is 0.815. The first-order valence-corrected chi connectivity index (χ1v) is 6.14. The Hall–Kier alpha value is -1.77. The van der Waals surface area contributed by atoms with Gasteiger partial charge in [0.15, 0.2) is 0 Å². The van der Waals surface area contributed by atoms with Crippen LogP contribution in [-0.4, -0.2) is 9.78 Å². The van der Waals surface area contributed by atoms with Crippen molar-refractivity contribution >= 4 is 5.69 Å². The number of aromatic nitrogens is 2. The molecular formula is C14H19N3. The zero-order valence-electron chi connectivity index (χ0n) is 10.4. The Morgan fingerprint density at radius 3 is 2.35 bits per heavy atom. The van der Waals surface area contributed by atoms with Gasteiger partial charge in [0.25, 0.3) is 0 Å². The molecule has 0 fully saturated rings. The molecule has 0 atom stereocenters. The van der Waals surface area contributed by atoms with Crippen LogP contribution in [-0.2, 0) is 0 Å². The van der Waals surface area contributed by atoms with E-state index in [9.17, 15) is 0 Å². The van der Waals surface area contributed by atoms with Crippen LogP contribution in [0.2, 0.25) is 0 Å². The lowest BCUT2D eigenvalue weighted by atomic mass is 10.1. The average molecular weight is 229 g/mol. The molecule has 0 amide bonds. The van der Waals surface area contributed by atoms with E-state index in [0.717, 1.165) is 29.7 Å². The summed E-state index contributed by atoms with van der Waals surface area (Å²) >= 11 is 0. The van der Waals surface area contributed by atoms with E-state index in [-0.39, 0.29) is 0 Å². The predicted octanol–water partition coefficient (Wildman–Crippen LogP) is 3.49. The van der Waals surface area contributed by atoms with Gasteiger partial charge in [-0.05, 0) is 30.5 Å². The van der Waals surface area contributed by atoms with Crippen molar-refractivity contribution in [3.05, 3.63) is 36.7 Å². The second-order valence-electron chi connectivity index (χ2n) is 4.30. The van der Waals surface area contributed by atoms with Crippen molar-refractivity contribution in [2.45, 2.75) is 32.7 Å². The Morgan fingerprint density at radius 2 is 1.76 bits per heavy atom. The van der Waals surface area contributed by atoms with Gasteiger partial charge in [-0.2, -0.15) is 5.10 Å². The fourth-order valence-electron chi connectivity index (χ4n) is 2.03. The minimum atomic E-state index is 0.498. The standard InChI is InChI=1S/C14H19N3/c1-3-14(4-2)17-10-12(9-16-17)11-5-7-13(15)8-6-11/h5-10,14H,3-4,15H2,1-2H3. The van der Waals surface area contributed by atoms with E-state index in [1.54, 1.807) is 0 Å². The minimum absolute atomic E-state index is 0.498. The Morgan fingerprint density at radius 1 is 1.12 bits per heavy atom. The van der Waals surface area contributed by atoms with Crippen LogP contribution in [0.15, 0.2) is 36.7 Å². The molecule has 0 saturated heterocycles. The normalized spacial score (nSPS) is 11.0. The second-order valence-corrected chi connectivity index (χ2v) is 4.30. The summed E-state index contributed by atoms with van der Waals surface area (Å²) < 4.78 is 2.06. The van der Waals surface area contributed by atoms with Gasteiger partial charge in [-0.25, -0.2) is 0 Å². The van der Waals surface area contributed by atoms with E-state index in [1.807, 2.05) is 30.5 Å². The van der Waals surface area contributed by atoms with Crippen LogP contribution in [0, 0.1) is 0 Å². The van der Waals surface area contributed by atoms with E-state index in [4.69, 9.17) is 5.73 Å². The van der Waals surface area contributed by atoms with Gasteiger partial charge in [0, 0.05) is 17.4 Å². The molecule has 3 nitrogen and oxygen atoms in total. The van der Waals surface area contributed by atoms with Gasteiger partial charge in [0.1, 0.15) is 0 Å². The third-order valence-electron chi connectivity index (χ3n) is 3.16. The van der Waals surface area contributed by atoms with E-state index in [0.29, 0.717) is 6.04 Å². The molecule has 2 N–H and O–H groups in total. The van der Waals surface area contributed by atoms with E-state index in [1.165, 1.54) is 0 Å². The second kappa shape index (κ2) is 5.04. The van der Waals surface area contributed by atoms with Crippen LogP contribution in [0.1, 0.15) is 32.7 Å². The number of nitrogens with two attached hydrogens (primary N) is 1. The van der Waals surface area contributed by atoms with Crippen LogP contribution in [0.3, 0.4) is 0 Å². The number of benzene rings is 1. The van der Waals surface area contributed by atoms with Crippen molar-refractivity contribution in [2.75, 3.05) is 5.73 Å². The molecule has 0 saturated carbocycles. The fraction of sp³-hybridized carbons (Fsp3) is 0.357. The molecule has 0 bridgehead atoms. The molecule has 1 heterocycles. The van der Waals surface area contributed by atoms with E-state index in [2.05, 4.69) is 29.8 Å². The number of hydrogen-bond acceptors (Lipinski definition) is 2. The van der Waals surface area contributed by atoms with Crippen molar-refractivity contribution in [3.8, 4) is 11.1 Å². The number of rotatable bonds is 4. The lowest BCUT2D eigenvalue weighted by molar-refractivity contribution is 0.428. The molecule has 0 aliphatic carbocycles. The molecule has 2 rings (SSSR count). The first kappa shape index (κ1) is 11.7. The molecule has 3 heteroatoms. The van der Waals surface area contributed by atoms with Crippen molar-refractivity contribution in [1.29, 1.82) is 0 Å². The molecule has 1 aromatic carbocycles. The highest BCUT2D eigenvalue weighted by atomic mass is 15.3. The van der Waals surface area contributed by atoms with Crippen LogP contribution < -0.4 is 5.73 Å². The highest BCUT2D eigenvalue weighted by Crippen LogP contribution is 2.22. The first-order valence-electron chi connectivity index (χ1n) is 6.14. The summed E-state index contributed by atoms with van der Waals surface area (Å²) in [6.07, 6.45) is 6.26. The third-order valence-corrected chi connectivity index (χ3v) is 3.16. The number of anilines is 1. The Balaban J connectivity index is 2.26. The van der Waals surface area contributed by atoms with Crippen molar-refractivity contribution in [1.82, 2.24) is 9.78 Å². The smallest absolute Gasteiger partial charge is 0.0568 e. The summed E-state index contributed by atoms with van der Waals surface area (Å²) in [6.45, 7) is 4.39. The molecular weight excluding hydrogens is 210 g/mol. The maximum atomic E-state index is 5.68. The topological polar surface area (TPSA) is 43.8 Å². The number of hydrogen-bond donors (Lipinski definition) is 1. The highest BCUT2D eigenvalue weighted by Gasteiger charge is 2.08. The van der Waals surface area contributed by atoms with Gasteiger partial charge in [0.05, 0.1) is 12.2 Å². The fourth-order valence-corrected chi connectivity index (χ4v) is 2.03. The Bertz CT molecular complexity index is 466. The van der Waals surface area contributed by atoms with E-state index < -0.39 is 0 Å². The molecule has 0 unspecified atom stereocenters. The number of nitrogen functional groups attached to an aromatic ring is 1. The maximum absolute atomic E-state index is 5.68.